The Kier molecular flexibility index (Phi) is 3.26. The summed E-state index contributed by atoms with van der Waals surface area (Å²) >= 11 is 0. The van der Waals surface area contributed by atoms with Crippen LogP contribution in [0.1, 0.15) is 17.5 Å². The van der Waals surface area contributed by atoms with E-state index in [1.165, 1.54) is 15.4 Å². The second-order valence-corrected chi connectivity index (χ2v) is 7.06. The predicted molar refractivity (Wildman–Crippen MR) is 80.5 cm³/mol. The molecule has 0 spiro atoms. The van der Waals surface area contributed by atoms with E-state index in [0.29, 0.717) is 10.6 Å². The van der Waals surface area contributed by atoms with E-state index in [9.17, 15) is 8.42 Å². The van der Waals surface area contributed by atoms with Crippen LogP contribution in [0.25, 0.3) is 0 Å². The topological polar surface area (TPSA) is 37.4 Å². The Morgan fingerprint density at radius 3 is 2.40 bits per heavy atom. The van der Waals surface area contributed by atoms with Crippen molar-refractivity contribution in [2.45, 2.75) is 24.2 Å². The number of aryl methyl sites for hydroxylation is 2. The Bertz CT molecular complexity index is 723. The molecule has 0 fully saturated rings. The molecule has 2 aromatic rings. The number of hydrogen-bond donors (Lipinski definition) is 0. The molecule has 3 rings (SSSR count). The van der Waals surface area contributed by atoms with Crippen molar-refractivity contribution in [1.29, 1.82) is 0 Å². The van der Waals surface area contributed by atoms with Crippen LogP contribution in [0, 0.1) is 0 Å². The minimum atomic E-state index is -3.48. The molecule has 104 valence electrons. The third-order valence-corrected chi connectivity index (χ3v) is 5.63. The van der Waals surface area contributed by atoms with Crippen LogP contribution in [-0.4, -0.2) is 15.5 Å². The lowest BCUT2D eigenvalue weighted by Gasteiger charge is -2.19. The third-order valence-electron chi connectivity index (χ3n) is 3.85. The van der Waals surface area contributed by atoms with Gasteiger partial charge in [0.15, 0.2) is 0 Å². The van der Waals surface area contributed by atoms with Gasteiger partial charge in [-0.25, -0.2) is 8.42 Å². The Morgan fingerprint density at radius 2 is 1.65 bits per heavy atom. The normalized spacial score (nSPS) is 14.1. The molecule has 0 heterocycles. The van der Waals surface area contributed by atoms with Crippen molar-refractivity contribution in [2.24, 2.45) is 0 Å². The first-order chi connectivity index (χ1) is 9.59. The van der Waals surface area contributed by atoms with Crippen LogP contribution in [0.5, 0.6) is 0 Å². The van der Waals surface area contributed by atoms with Crippen LogP contribution in [0.4, 0.5) is 5.69 Å². The van der Waals surface area contributed by atoms with Crippen LogP contribution < -0.4 is 4.31 Å². The molecule has 20 heavy (non-hydrogen) atoms. The summed E-state index contributed by atoms with van der Waals surface area (Å²) in [4.78, 5) is 0.379. The van der Waals surface area contributed by atoms with Gasteiger partial charge in [-0.2, -0.15) is 0 Å². The van der Waals surface area contributed by atoms with Gasteiger partial charge in [-0.3, -0.25) is 4.31 Å². The van der Waals surface area contributed by atoms with Gasteiger partial charge in [-0.15, -0.1) is 0 Å². The lowest BCUT2D eigenvalue weighted by atomic mass is 10.1. The van der Waals surface area contributed by atoms with Crippen molar-refractivity contribution in [3.63, 3.8) is 0 Å². The first kappa shape index (κ1) is 13.2. The molecule has 4 heteroatoms. The molecule has 1 aliphatic rings. The molecule has 0 saturated carbocycles. The quantitative estimate of drug-likeness (QED) is 0.870. The van der Waals surface area contributed by atoms with Crippen molar-refractivity contribution in [3.05, 3.63) is 59.7 Å². The van der Waals surface area contributed by atoms with Gasteiger partial charge in [0.1, 0.15) is 0 Å². The highest BCUT2D eigenvalue weighted by Gasteiger charge is 2.23. The molecule has 0 aromatic heterocycles. The van der Waals surface area contributed by atoms with Gasteiger partial charge in [0.25, 0.3) is 10.0 Å². The van der Waals surface area contributed by atoms with Gasteiger partial charge in [-0.05, 0) is 54.7 Å². The third kappa shape index (κ3) is 2.20. The van der Waals surface area contributed by atoms with Crippen LogP contribution in [-0.2, 0) is 22.9 Å². The van der Waals surface area contributed by atoms with E-state index in [1.807, 2.05) is 30.3 Å². The maximum atomic E-state index is 12.7. The van der Waals surface area contributed by atoms with Gasteiger partial charge >= 0.3 is 0 Å². The number of nitrogens with zero attached hydrogens (tertiary/aromatic N) is 1. The van der Waals surface area contributed by atoms with Crippen molar-refractivity contribution in [2.75, 3.05) is 11.4 Å². The second-order valence-electron chi connectivity index (χ2n) is 5.09. The number of fused-ring (bicyclic) bond motifs is 1. The smallest absolute Gasteiger partial charge is 0.264 e. The molecule has 1 aliphatic carbocycles. The number of sulfonamides is 1. The molecular formula is C16H17NO2S. The number of hydrogen-bond acceptors (Lipinski definition) is 2. The zero-order chi connectivity index (χ0) is 14.2. The van der Waals surface area contributed by atoms with Crippen LogP contribution in [0.2, 0.25) is 0 Å². The monoisotopic (exact) mass is 287 g/mol. The fraction of sp³-hybridized carbons (Fsp3) is 0.250. The highest BCUT2D eigenvalue weighted by Crippen LogP contribution is 2.27. The molecular weight excluding hydrogens is 270 g/mol. The van der Waals surface area contributed by atoms with Gasteiger partial charge in [0.2, 0.25) is 0 Å². The fourth-order valence-electron chi connectivity index (χ4n) is 2.64. The summed E-state index contributed by atoms with van der Waals surface area (Å²) in [6.07, 6.45) is 3.16. The average molecular weight is 287 g/mol. The molecule has 0 atom stereocenters. The predicted octanol–water partition coefficient (Wildman–Crippen LogP) is 3.00. The summed E-state index contributed by atoms with van der Waals surface area (Å²) in [5, 5.41) is 0. The molecule has 2 aromatic carbocycles. The Morgan fingerprint density at radius 1 is 0.950 bits per heavy atom. The molecule has 0 N–H and O–H groups in total. The van der Waals surface area contributed by atoms with E-state index in [1.54, 1.807) is 25.2 Å². The van der Waals surface area contributed by atoms with Crippen LogP contribution in [0.3, 0.4) is 0 Å². The molecule has 0 amide bonds. The SMILES string of the molecule is CN(c1ccccc1)S(=O)(=O)c1ccc2c(c1)CCC2. The summed E-state index contributed by atoms with van der Waals surface area (Å²) in [7, 11) is -1.89. The number of rotatable bonds is 3. The first-order valence-corrected chi connectivity index (χ1v) is 8.19. The number of anilines is 1. The highest BCUT2D eigenvalue weighted by atomic mass is 32.2. The molecule has 0 aliphatic heterocycles. The van der Waals surface area contributed by atoms with E-state index in [0.717, 1.165) is 19.3 Å². The molecule has 0 saturated heterocycles. The second kappa shape index (κ2) is 4.94. The minimum Gasteiger partial charge on any atom is -0.269 e. The average Bonchev–Trinajstić information content (AvgIpc) is 2.94. The van der Waals surface area contributed by atoms with Crippen molar-refractivity contribution in [1.82, 2.24) is 0 Å². The zero-order valence-electron chi connectivity index (χ0n) is 11.4. The van der Waals surface area contributed by atoms with E-state index in [-0.39, 0.29) is 0 Å². The summed E-state index contributed by atoms with van der Waals surface area (Å²) < 4.78 is 26.7. The fourth-order valence-corrected chi connectivity index (χ4v) is 3.89. The van der Waals surface area contributed by atoms with Crippen molar-refractivity contribution in [3.8, 4) is 0 Å². The number of benzene rings is 2. The Balaban J connectivity index is 2.00. The van der Waals surface area contributed by atoms with Crippen molar-refractivity contribution < 1.29 is 8.42 Å². The lowest BCUT2D eigenvalue weighted by Crippen LogP contribution is -2.26. The van der Waals surface area contributed by atoms with Gasteiger partial charge in [-0.1, -0.05) is 24.3 Å². The summed E-state index contributed by atoms with van der Waals surface area (Å²) in [5.41, 5.74) is 3.13. The molecule has 0 radical (unpaired) electrons. The standard InChI is InChI=1S/C16H17NO2S/c1-17(15-8-3-2-4-9-15)20(18,19)16-11-10-13-6-5-7-14(13)12-16/h2-4,8-12H,5-7H2,1H3. The van der Waals surface area contributed by atoms with Gasteiger partial charge < -0.3 is 0 Å². The Labute approximate surface area is 119 Å². The summed E-state index contributed by atoms with van der Waals surface area (Å²) in [6, 6.07) is 14.6. The van der Waals surface area contributed by atoms with Crippen molar-refractivity contribution >= 4 is 15.7 Å². The van der Waals surface area contributed by atoms with E-state index >= 15 is 0 Å². The van der Waals surface area contributed by atoms with Gasteiger partial charge in [0.05, 0.1) is 10.6 Å². The van der Waals surface area contributed by atoms with E-state index < -0.39 is 10.0 Å². The Hall–Kier alpha value is -1.81. The largest absolute Gasteiger partial charge is 0.269 e. The van der Waals surface area contributed by atoms with Crippen LogP contribution in [0.15, 0.2) is 53.4 Å². The highest BCUT2D eigenvalue weighted by molar-refractivity contribution is 7.92. The summed E-state index contributed by atoms with van der Waals surface area (Å²) in [6.45, 7) is 0. The lowest BCUT2D eigenvalue weighted by molar-refractivity contribution is 0.594. The maximum absolute atomic E-state index is 12.7. The molecule has 0 unspecified atom stereocenters. The minimum absolute atomic E-state index is 0.379. The van der Waals surface area contributed by atoms with E-state index in [4.69, 9.17) is 0 Å². The van der Waals surface area contributed by atoms with Gasteiger partial charge in [0, 0.05) is 7.05 Å². The maximum Gasteiger partial charge on any atom is 0.264 e. The first-order valence-electron chi connectivity index (χ1n) is 6.75. The van der Waals surface area contributed by atoms with Crippen LogP contribution >= 0.6 is 0 Å². The molecule has 0 bridgehead atoms. The number of para-hydroxylation sites is 1. The molecule has 3 nitrogen and oxygen atoms in total. The summed E-state index contributed by atoms with van der Waals surface area (Å²) in [5.74, 6) is 0. The zero-order valence-corrected chi connectivity index (χ0v) is 12.2. The van der Waals surface area contributed by atoms with E-state index in [2.05, 4.69) is 0 Å².